The van der Waals surface area contributed by atoms with Crippen LogP contribution >= 0.6 is 0 Å². The number of benzene rings is 3. The minimum atomic E-state index is -1.40. The Morgan fingerprint density at radius 1 is 0.857 bits per heavy atom. The van der Waals surface area contributed by atoms with Crippen molar-refractivity contribution in [1.82, 2.24) is 4.90 Å². The van der Waals surface area contributed by atoms with E-state index in [9.17, 15) is 9.90 Å². The van der Waals surface area contributed by atoms with Gasteiger partial charge in [-0.15, -0.1) is 0 Å². The second-order valence-electron chi connectivity index (χ2n) is 7.69. The third kappa shape index (κ3) is 2.92. The Hall–Kier alpha value is -2.91. The van der Waals surface area contributed by atoms with Crippen LogP contribution in [0.4, 0.5) is 0 Å². The van der Waals surface area contributed by atoms with Crippen LogP contribution in [0.15, 0.2) is 84.9 Å². The number of rotatable bonds is 5. The van der Waals surface area contributed by atoms with Gasteiger partial charge in [0.05, 0.1) is 0 Å². The first-order chi connectivity index (χ1) is 13.5. The maximum Gasteiger partial charge on any atom is 0.257 e. The third-order valence-electron chi connectivity index (χ3n) is 5.63. The van der Waals surface area contributed by atoms with E-state index in [1.165, 1.54) is 0 Å². The average molecular weight is 371 g/mol. The summed E-state index contributed by atoms with van der Waals surface area (Å²) in [5.41, 5.74) is 2.03. The highest BCUT2D eigenvalue weighted by atomic mass is 16.3. The molecule has 0 saturated carbocycles. The fourth-order valence-corrected chi connectivity index (χ4v) is 4.42. The number of carbonyl (C=O) groups is 1. The molecule has 0 fully saturated rings. The Labute approximate surface area is 166 Å². The largest absolute Gasteiger partial charge is 0.366 e. The number of hydrogen-bond donors (Lipinski definition) is 1. The molecule has 142 valence electrons. The molecule has 3 heteroatoms. The monoisotopic (exact) mass is 371 g/mol. The molecule has 1 amide bonds. The molecular formula is C25H25NO2. The van der Waals surface area contributed by atoms with Crippen LogP contribution < -0.4 is 0 Å². The van der Waals surface area contributed by atoms with Gasteiger partial charge in [-0.25, -0.2) is 0 Å². The first-order valence-corrected chi connectivity index (χ1v) is 9.78. The number of hydrogen-bond acceptors (Lipinski definition) is 2. The molecule has 0 radical (unpaired) electrons. The summed E-state index contributed by atoms with van der Waals surface area (Å²) in [6.45, 7) is 3.92. The van der Waals surface area contributed by atoms with Crippen molar-refractivity contribution in [2.75, 3.05) is 0 Å². The summed E-state index contributed by atoms with van der Waals surface area (Å²) in [7, 11) is 0. The summed E-state index contributed by atoms with van der Waals surface area (Å²) in [5, 5.41) is 12.2. The van der Waals surface area contributed by atoms with E-state index in [2.05, 4.69) is 12.1 Å². The molecular weight excluding hydrogens is 346 g/mol. The molecule has 1 heterocycles. The van der Waals surface area contributed by atoms with Gasteiger partial charge in [-0.2, -0.15) is 0 Å². The van der Waals surface area contributed by atoms with Crippen LogP contribution in [0.1, 0.15) is 46.8 Å². The third-order valence-corrected chi connectivity index (χ3v) is 5.63. The number of amides is 1. The molecule has 0 spiro atoms. The predicted octanol–water partition coefficient (Wildman–Crippen LogP) is 4.72. The van der Waals surface area contributed by atoms with Crippen LogP contribution in [0.2, 0.25) is 0 Å². The smallest absolute Gasteiger partial charge is 0.257 e. The fraction of sp³-hybridized carbons (Fsp3) is 0.240. The molecule has 1 aliphatic rings. The summed E-state index contributed by atoms with van der Waals surface area (Å²) in [5.74, 6) is -0.395. The Balaban J connectivity index is 1.91. The van der Waals surface area contributed by atoms with Crippen molar-refractivity contribution < 1.29 is 9.90 Å². The zero-order chi connectivity index (χ0) is 19.7. The van der Waals surface area contributed by atoms with Gasteiger partial charge in [0, 0.05) is 23.1 Å². The first-order valence-electron chi connectivity index (χ1n) is 9.78. The van der Waals surface area contributed by atoms with Crippen LogP contribution in [0.5, 0.6) is 0 Å². The number of carbonyl (C=O) groups excluding carboxylic acids is 1. The molecule has 2 atom stereocenters. The molecule has 28 heavy (non-hydrogen) atoms. The molecule has 0 unspecified atom stereocenters. The first kappa shape index (κ1) is 18.5. The molecule has 0 aliphatic carbocycles. The Bertz CT molecular complexity index is 968. The Morgan fingerprint density at radius 3 is 2.07 bits per heavy atom. The van der Waals surface area contributed by atoms with Crippen LogP contribution in [0.3, 0.4) is 0 Å². The number of nitrogens with zero attached hydrogens (tertiary/aromatic N) is 1. The molecule has 3 nitrogen and oxygen atoms in total. The lowest BCUT2D eigenvalue weighted by Gasteiger charge is -2.43. The van der Waals surface area contributed by atoms with E-state index in [0.29, 0.717) is 17.5 Å². The van der Waals surface area contributed by atoms with E-state index in [4.69, 9.17) is 0 Å². The van der Waals surface area contributed by atoms with Crippen molar-refractivity contribution in [3.8, 4) is 0 Å². The van der Waals surface area contributed by atoms with Gasteiger partial charge >= 0.3 is 0 Å². The molecule has 0 saturated heterocycles. The summed E-state index contributed by atoms with van der Waals surface area (Å²) >= 11 is 0. The summed E-state index contributed by atoms with van der Waals surface area (Å²) in [4.78, 5) is 14.9. The van der Waals surface area contributed by atoms with E-state index in [1.54, 1.807) is 4.90 Å². The highest BCUT2D eigenvalue weighted by Crippen LogP contribution is 2.48. The van der Waals surface area contributed by atoms with Gasteiger partial charge in [0.15, 0.2) is 5.72 Å². The second-order valence-corrected chi connectivity index (χ2v) is 7.69. The highest BCUT2D eigenvalue weighted by molar-refractivity contribution is 6.00. The van der Waals surface area contributed by atoms with Gasteiger partial charge in [0.2, 0.25) is 0 Å². The Kier molecular flexibility index (Phi) is 4.78. The fourth-order valence-electron chi connectivity index (χ4n) is 4.42. The average Bonchev–Trinajstić information content (AvgIpc) is 2.96. The van der Waals surface area contributed by atoms with E-state index < -0.39 is 5.72 Å². The van der Waals surface area contributed by atoms with Gasteiger partial charge in [-0.1, -0.05) is 78.9 Å². The van der Waals surface area contributed by atoms with Gasteiger partial charge in [-0.3, -0.25) is 4.79 Å². The summed E-state index contributed by atoms with van der Waals surface area (Å²) < 4.78 is 0. The van der Waals surface area contributed by atoms with Crippen molar-refractivity contribution in [2.24, 2.45) is 0 Å². The van der Waals surface area contributed by atoms with Gasteiger partial charge in [0.1, 0.15) is 0 Å². The topological polar surface area (TPSA) is 40.5 Å². The normalized spacial score (nSPS) is 19.7. The van der Waals surface area contributed by atoms with E-state index >= 15 is 0 Å². The number of fused-ring (bicyclic) bond motifs is 1. The maximum atomic E-state index is 13.2. The molecule has 3 aromatic rings. The zero-order valence-electron chi connectivity index (χ0n) is 16.2. The maximum absolute atomic E-state index is 13.2. The van der Waals surface area contributed by atoms with Crippen LogP contribution in [0.25, 0.3) is 0 Å². The second kappa shape index (κ2) is 7.25. The lowest BCUT2D eigenvalue weighted by molar-refractivity contribution is -0.117. The molecule has 0 aromatic heterocycles. The van der Waals surface area contributed by atoms with Crippen molar-refractivity contribution in [3.05, 3.63) is 107 Å². The molecule has 3 aromatic carbocycles. The number of aliphatic hydroxyl groups is 1. The molecule has 1 N–H and O–H groups in total. The molecule has 1 aliphatic heterocycles. The quantitative estimate of drug-likeness (QED) is 0.705. The minimum Gasteiger partial charge on any atom is -0.366 e. The van der Waals surface area contributed by atoms with Crippen molar-refractivity contribution in [1.29, 1.82) is 0 Å². The van der Waals surface area contributed by atoms with Crippen LogP contribution in [0, 0.1) is 0 Å². The zero-order valence-corrected chi connectivity index (χ0v) is 16.2. The van der Waals surface area contributed by atoms with Crippen molar-refractivity contribution in [3.63, 3.8) is 0 Å². The van der Waals surface area contributed by atoms with E-state index in [1.807, 2.05) is 86.6 Å². The SMILES string of the molecule is CC(C)N1C(=O)c2ccccc2[C@]1(O)[C@H](Cc1ccccc1)c1ccccc1. The molecule has 4 rings (SSSR count). The van der Waals surface area contributed by atoms with Crippen molar-refractivity contribution >= 4 is 5.91 Å². The summed E-state index contributed by atoms with van der Waals surface area (Å²) in [6, 6.07) is 27.5. The van der Waals surface area contributed by atoms with E-state index in [-0.39, 0.29) is 17.9 Å². The Morgan fingerprint density at radius 2 is 1.43 bits per heavy atom. The van der Waals surface area contributed by atoms with Crippen LogP contribution in [-0.4, -0.2) is 22.0 Å². The summed E-state index contributed by atoms with van der Waals surface area (Å²) in [6.07, 6.45) is 0.631. The lowest BCUT2D eigenvalue weighted by atomic mass is 9.79. The van der Waals surface area contributed by atoms with Crippen molar-refractivity contribution in [2.45, 2.75) is 38.0 Å². The predicted molar refractivity (Wildman–Crippen MR) is 111 cm³/mol. The minimum absolute atomic E-state index is 0.109. The highest BCUT2D eigenvalue weighted by Gasteiger charge is 2.54. The van der Waals surface area contributed by atoms with Crippen LogP contribution in [-0.2, 0) is 12.1 Å². The lowest BCUT2D eigenvalue weighted by Crippen LogP contribution is -2.51. The van der Waals surface area contributed by atoms with Gasteiger partial charge < -0.3 is 10.0 Å². The van der Waals surface area contributed by atoms with E-state index in [0.717, 1.165) is 11.1 Å². The standard InChI is InChI=1S/C25H25NO2/c1-18(2)26-24(27)21-15-9-10-16-22(21)25(26,28)23(20-13-7-4-8-14-20)17-19-11-5-3-6-12-19/h3-16,18,23,28H,17H2,1-2H3/t23-,25+/m1/s1. The molecule has 0 bridgehead atoms. The van der Waals surface area contributed by atoms with Gasteiger partial charge in [-0.05, 0) is 37.5 Å². The van der Waals surface area contributed by atoms with Gasteiger partial charge in [0.25, 0.3) is 5.91 Å².